The van der Waals surface area contributed by atoms with Gasteiger partial charge in [0.2, 0.25) is 0 Å². The first kappa shape index (κ1) is 14.3. The SMILES string of the molecule is CC1CCCC(C)N1NC(CN)C1CCCCC1. The third-order valence-electron chi connectivity index (χ3n) is 4.98. The molecule has 3 unspecified atom stereocenters. The Morgan fingerprint density at radius 2 is 1.61 bits per heavy atom. The second-order valence-electron chi connectivity index (χ2n) is 6.41. The van der Waals surface area contributed by atoms with Crippen LogP contribution in [0.3, 0.4) is 0 Å². The normalized spacial score (nSPS) is 33.5. The average Bonchev–Trinajstić information content (AvgIpc) is 2.40. The van der Waals surface area contributed by atoms with Gasteiger partial charge in [-0.15, -0.1) is 0 Å². The van der Waals surface area contributed by atoms with Crippen molar-refractivity contribution in [1.29, 1.82) is 0 Å². The van der Waals surface area contributed by atoms with E-state index in [4.69, 9.17) is 5.73 Å². The van der Waals surface area contributed by atoms with E-state index in [0.29, 0.717) is 18.1 Å². The van der Waals surface area contributed by atoms with Gasteiger partial charge in [-0.3, -0.25) is 5.43 Å². The third kappa shape index (κ3) is 3.46. The van der Waals surface area contributed by atoms with Gasteiger partial charge >= 0.3 is 0 Å². The number of nitrogens with one attached hydrogen (secondary N) is 1. The van der Waals surface area contributed by atoms with Gasteiger partial charge in [0.25, 0.3) is 0 Å². The molecule has 0 aromatic rings. The lowest BCUT2D eigenvalue weighted by molar-refractivity contribution is 0.0162. The zero-order valence-corrected chi connectivity index (χ0v) is 12.2. The highest BCUT2D eigenvalue weighted by molar-refractivity contribution is 4.83. The molecule has 3 nitrogen and oxygen atoms in total. The molecular weight excluding hydrogens is 222 g/mol. The molecule has 0 aromatic carbocycles. The highest BCUT2D eigenvalue weighted by Crippen LogP contribution is 2.28. The van der Waals surface area contributed by atoms with Crippen molar-refractivity contribution in [3.05, 3.63) is 0 Å². The molecule has 106 valence electrons. The minimum Gasteiger partial charge on any atom is -0.329 e. The van der Waals surface area contributed by atoms with E-state index in [-0.39, 0.29) is 0 Å². The van der Waals surface area contributed by atoms with Gasteiger partial charge in [0, 0.05) is 24.7 Å². The van der Waals surface area contributed by atoms with Crippen molar-refractivity contribution >= 4 is 0 Å². The Bertz CT molecular complexity index is 228. The topological polar surface area (TPSA) is 41.3 Å². The third-order valence-corrected chi connectivity index (χ3v) is 4.98. The minimum absolute atomic E-state index is 0.494. The van der Waals surface area contributed by atoms with Crippen molar-refractivity contribution in [3.8, 4) is 0 Å². The predicted octanol–water partition coefficient (Wildman–Crippen LogP) is 2.66. The van der Waals surface area contributed by atoms with Gasteiger partial charge in [-0.2, -0.15) is 0 Å². The van der Waals surface area contributed by atoms with E-state index >= 15 is 0 Å². The highest BCUT2D eigenvalue weighted by atomic mass is 15.5. The van der Waals surface area contributed by atoms with E-state index in [1.807, 2.05) is 0 Å². The maximum absolute atomic E-state index is 6.02. The Kier molecular flexibility index (Phi) is 5.46. The van der Waals surface area contributed by atoms with Crippen LogP contribution in [0.2, 0.25) is 0 Å². The summed E-state index contributed by atoms with van der Waals surface area (Å²) >= 11 is 0. The molecule has 0 aromatic heterocycles. The summed E-state index contributed by atoms with van der Waals surface area (Å²) < 4.78 is 0. The second kappa shape index (κ2) is 6.88. The molecule has 0 amide bonds. The van der Waals surface area contributed by atoms with Crippen LogP contribution in [0.25, 0.3) is 0 Å². The van der Waals surface area contributed by atoms with Crippen LogP contribution < -0.4 is 11.2 Å². The van der Waals surface area contributed by atoms with Crippen LogP contribution >= 0.6 is 0 Å². The molecule has 2 fully saturated rings. The summed E-state index contributed by atoms with van der Waals surface area (Å²) in [6.45, 7) is 5.47. The summed E-state index contributed by atoms with van der Waals surface area (Å²) in [5, 5.41) is 2.50. The molecule has 18 heavy (non-hydrogen) atoms. The lowest BCUT2D eigenvalue weighted by atomic mass is 9.84. The Morgan fingerprint density at radius 1 is 1.00 bits per heavy atom. The van der Waals surface area contributed by atoms with Crippen molar-refractivity contribution in [2.45, 2.75) is 83.3 Å². The van der Waals surface area contributed by atoms with Crippen molar-refractivity contribution in [3.63, 3.8) is 0 Å². The fraction of sp³-hybridized carbons (Fsp3) is 1.00. The van der Waals surface area contributed by atoms with E-state index in [0.717, 1.165) is 12.5 Å². The Morgan fingerprint density at radius 3 is 2.17 bits per heavy atom. The Labute approximate surface area is 112 Å². The first-order valence-electron chi connectivity index (χ1n) is 7.97. The number of hydrogen-bond acceptors (Lipinski definition) is 3. The number of hydrazine groups is 1. The molecule has 1 aliphatic heterocycles. The van der Waals surface area contributed by atoms with E-state index in [9.17, 15) is 0 Å². The molecule has 0 bridgehead atoms. The monoisotopic (exact) mass is 253 g/mol. The number of nitrogens with two attached hydrogens (primary N) is 1. The summed E-state index contributed by atoms with van der Waals surface area (Å²) in [5.41, 5.74) is 9.81. The molecule has 1 saturated carbocycles. The van der Waals surface area contributed by atoms with Gasteiger partial charge in [0.05, 0.1) is 0 Å². The molecule has 3 heteroatoms. The zero-order valence-electron chi connectivity index (χ0n) is 12.2. The molecule has 0 radical (unpaired) electrons. The maximum atomic E-state index is 6.02. The lowest BCUT2D eigenvalue weighted by Gasteiger charge is -2.43. The molecule has 1 aliphatic carbocycles. The van der Waals surface area contributed by atoms with Crippen LogP contribution in [0.1, 0.15) is 65.2 Å². The summed E-state index contributed by atoms with van der Waals surface area (Å²) in [4.78, 5) is 0. The van der Waals surface area contributed by atoms with Crippen LogP contribution in [0, 0.1) is 5.92 Å². The second-order valence-corrected chi connectivity index (χ2v) is 6.41. The molecule has 2 aliphatic rings. The quantitative estimate of drug-likeness (QED) is 0.809. The molecule has 2 rings (SSSR count). The fourth-order valence-electron chi connectivity index (χ4n) is 3.75. The molecular formula is C15H31N3. The van der Waals surface area contributed by atoms with E-state index in [1.165, 1.54) is 51.4 Å². The summed E-state index contributed by atoms with van der Waals surface area (Å²) in [5.74, 6) is 0.796. The maximum Gasteiger partial charge on any atom is 0.0366 e. The predicted molar refractivity (Wildman–Crippen MR) is 77.2 cm³/mol. The van der Waals surface area contributed by atoms with Gasteiger partial charge in [0.1, 0.15) is 0 Å². The largest absolute Gasteiger partial charge is 0.329 e. The van der Waals surface area contributed by atoms with E-state index in [2.05, 4.69) is 24.3 Å². The van der Waals surface area contributed by atoms with Gasteiger partial charge in [-0.1, -0.05) is 25.7 Å². The number of piperidine rings is 1. The van der Waals surface area contributed by atoms with Crippen LogP contribution in [0.15, 0.2) is 0 Å². The summed E-state index contributed by atoms with van der Waals surface area (Å²) in [7, 11) is 0. The van der Waals surface area contributed by atoms with Gasteiger partial charge in [-0.05, 0) is 45.4 Å². The van der Waals surface area contributed by atoms with Crippen molar-refractivity contribution in [1.82, 2.24) is 10.4 Å². The van der Waals surface area contributed by atoms with E-state index < -0.39 is 0 Å². The van der Waals surface area contributed by atoms with E-state index in [1.54, 1.807) is 0 Å². The van der Waals surface area contributed by atoms with Crippen molar-refractivity contribution < 1.29 is 0 Å². The standard InChI is InChI=1S/C15H31N3/c1-12-7-6-8-13(2)18(12)17-15(11-16)14-9-4-3-5-10-14/h12-15,17H,3-11,16H2,1-2H3. The van der Waals surface area contributed by atoms with Gasteiger partial charge in [0.15, 0.2) is 0 Å². The van der Waals surface area contributed by atoms with Crippen LogP contribution in [0.5, 0.6) is 0 Å². The van der Waals surface area contributed by atoms with Crippen LogP contribution in [-0.4, -0.2) is 29.7 Å². The molecule has 3 N–H and O–H groups in total. The summed E-state index contributed by atoms with van der Waals surface area (Å²) in [6.07, 6.45) is 11.0. The van der Waals surface area contributed by atoms with Gasteiger partial charge < -0.3 is 5.73 Å². The number of hydrogen-bond donors (Lipinski definition) is 2. The fourth-order valence-corrected chi connectivity index (χ4v) is 3.75. The zero-order chi connectivity index (χ0) is 13.0. The van der Waals surface area contributed by atoms with Gasteiger partial charge in [-0.25, -0.2) is 5.01 Å². The first-order valence-corrected chi connectivity index (χ1v) is 7.97. The molecule has 3 atom stereocenters. The first-order chi connectivity index (χ1) is 8.72. The number of nitrogens with zero attached hydrogens (tertiary/aromatic N) is 1. The van der Waals surface area contributed by atoms with Crippen molar-refractivity contribution in [2.75, 3.05) is 6.54 Å². The Balaban J connectivity index is 1.91. The average molecular weight is 253 g/mol. The highest BCUT2D eigenvalue weighted by Gasteiger charge is 2.29. The molecule has 1 heterocycles. The molecule has 1 saturated heterocycles. The van der Waals surface area contributed by atoms with Crippen LogP contribution in [-0.2, 0) is 0 Å². The number of rotatable bonds is 4. The molecule has 0 spiro atoms. The lowest BCUT2D eigenvalue weighted by Crippen LogP contribution is -2.59. The minimum atomic E-state index is 0.494. The van der Waals surface area contributed by atoms with Crippen LogP contribution in [0.4, 0.5) is 0 Å². The Hall–Kier alpha value is -0.120. The summed E-state index contributed by atoms with van der Waals surface area (Å²) in [6, 6.07) is 1.81. The smallest absolute Gasteiger partial charge is 0.0366 e. The van der Waals surface area contributed by atoms with Crippen molar-refractivity contribution in [2.24, 2.45) is 11.7 Å².